The highest BCUT2D eigenvalue weighted by molar-refractivity contribution is 6.15. The molecule has 1 aliphatic rings. The van der Waals surface area contributed by atoms with Crippen molar-refractivity contribution in [3.63, 3.8) is 0 Å². The van der Waals surface area contributed by atoms with Gasteiger partial charge in [0.15, 0.2) is 5.78 Å². The molecule has 1 aliphatic heterocycles. The van der Waals surface area contributed by atoms with E-state index in [2.05, 4.69) is 5.32 Å². The van der Waals surface area contributed by atoms with E-state index in [1.165, 1.54) is 12.1 Å². The largest absolute Gasteiger partial charge is 0.493 e. The summed E-state index contributed by atoms with van der Waals surface area (Å²) in [5.41, 5.74) is 0.941. The summed E-state index contributed by atoms with van der Waals surface area (Å²) in [6, 6.07) is 10.9. The molecule has 3 rings (SSSR count). The van der Waals surface area contributed by atoms with E-state index < -0.39 is 24.5 Å². The fourth-order valence-corrected chi connectivity index (χ4v) is 3.17. The van der Waals surface area contributed by atoms with Gasteiger partial charge in [-0.1, -0.05) is 30.3 Å². The van der Waals surface area contributed by atoms with Crippen LogP contribution in [0.25, 0.3) is 6.08 Å². The van der Waals surface area contributed by atoms with Crippen molar-refractivity contribution in [1.29, 1.82) is 0 Å². The van der Waals surface area contributed by atoms with Gasteiger partial charge in [-0.3, -0.25) is 14.4 Å². The second-order valence-electron chi connectivity index (χ2n) is 6.72. The fraction of sp³-hybridized carbons (Fsp3) is 0.217. The van der Waals surface area contributed by atoms with Crippen LogP contribution < -0.4 is 14.8 Å². The third kappa shape index (κ3) is 4.77. The zero-order chi connectivity index (χ0) is 23.3. The van der Waals surface area contributed by atoms with Crippen LogP contribution in [0.15, 0.2) is 48.2 Å². The van der Waals surface area contributed by atoms with Crippen LogP contribution in [-0.4, -0.2) is 53.5 Å². The van der Waals surface area contributed by atoms with Crippen molar-refractivity contribution in [3.05, 3.63) is 64.9 Å². The minimum absolute atomic E-state index is 0.125. The number of carbonyl (C=O) groups excluding carboxylic acids is 3. The highest BCUT2D eigenvalue weighted by Gasteiger charge is 2.35. The molecular formula is C23H22N2O7. The molecule has 1 saturated heterocycles. The van der Waals surface area contributed by atoms with E-state index >= 15 is 0 Å². The standard InChI is InChI=1S/C23H22N2O7/c1-3-31-18-12-19(32-4-2)16(21(28)14-8-6-5-7-9-14)10-15(18)11-17-22(29)25(13-20(26)27)23(30)24-17/h5-12H,3-4,13H2,1-2H3,(H,24,30)(H,26,27)/b17-11+. The average Bonchev–Trinajstić information content (AvgIpc) is 3.03. The van der Waals surface area contributed by atoms with Crippen molar-refractivity contribution < 1.29 is 33.8 Å². The molecule has 2 N–H and O–H groups in total. The lowest BCUT2D eigenvalue weighted by atomic mass is 9.99. The molecular weight excluding hydrogens is 416 g/mol. The summed E-state index contributed by atoms with van der Waals surface area (Å²) in [6.07, 6.45) is 1.35. The Labute approximate surface area is 184 Å². The van der Waals surface area contributed by atoms with Gasteiger partial charge >= 0.3 is 12.0 Å². The molecule has 2 aromatic rings. The van der Waals surface area contributed by atoms with E-state index in [1.807, 2.05) is 0 Å². The molecule has 0 atom stereocenters. The van der Waals surface area contributed by atoms with E-state index in [-0.39, 0.29) is 17.0 Å². The average molecular weight is 438 g/mol. The van der Waals surface area contributed by atoms with E-state index in [4.69, 9.17) is 14.6 Å². The second kappa shape index (κ2) is 9.78. The normalized spacial score (nSPS) is 14.4. The Morgan fingerprint density at radius 2 is 1.69 bits per heavy atom. The first-order valence-corrected chi connectivity index (χ1v) is 9.95. The number of carbonyl (C=O) groups is 4. The first kappa shape index (κ1) is 22.5. The highest BCUT2D eigenvalue weighted by atomic mass is 16.5. The summed E-state index contributed by atoms with van der Waals surface area (Å²) in [7, 11) is 0. The lowest BCUT2D eigenvalue weighted by Gasteiger charge is -2.15. The number of rotatable bonds is 9. The molecule has 0 aliphatic carbocycles. The number of amides is 3. The SMILES string of the molecule is CCOc1cc(OCC)c(C(=O)c2ccccc2)cc1/C=C1/NC(=O)N(CC(=O)O)C1=O. The molecule has 0 aromatic heterocycles. The number of ketones is 1. The number of carboxylic acid groups (broad SMARTS) is 1. The van der Waals surface area contributed by atoms with Crippen molar-refractivity contribution in [1.82, 2.24) is 10.2 Å². The van der Waals surface area contributed by atoms with Crippen molar-refractivity contribution in [2.75, 3.05) is 19.8 Å². The van der Waals surface area contributed by atoms with E-state index in [9.17, 15) is 19.2 Å². The second-order valence-corrected chi connectivity index (χ2v) is 6.72. The highest BCUT2D eigenvalue weighted by Crippen LogP contribution is 2.33. The van der Waals surface area contributed by atoms with Crippen LogP contribution >= 0.6 is 0 Å². The summed E-state index contributed by atoms with van der Waals surface area (Å²) in [4.78, 5) is 49.2. The summed E-state index contributed by atoms with van der Waals surface area (Å²) in [6.45, 7) is 3.43. The summed E-state index contributed by atoms with van der Waals surface area (Å²) >= 11 is 0. The lowest BCUT2D eigenvalue weighted by molar-refractivity contribution is -0.140. The van der Waals surface area contributed by atoms with Crippen LogP contribution in [0.2, 0.25) is 0 Å². The molecule has 1 fully saturated rings. The van der Waals surface area contributed by atoms with Crippen LogP contribution in [0.3, 0.4) is 0 Å². The van der Waals surface area contributed by atoms with Gasteiger partial charge < -0.3 is 19.9 Å². The van der Waals surface area contributed by atoms with E-state index in [0.29, 0.717) is 40.7 Å². The molecule has 3 amide bonds. The molecule has 0 unspecified atom stereocenters. The monoisotopic (exact) mass is 438 g/mol. The maximum absolute atomic E-state index is 13.1. The quantitative estimate of drug-likeness (QED) is 0.351. The number of nitrogens with zero attached hydrogens (tertiary/aromatic N) is 1. The van der Waals surface area contributed by atoms with E-state index in [1.54, 1.807) is 50.2 Å². The maximum Gasteiger partial charge on any atom is 0.329 e. The van der Waals surface area contributed by atoms with Gasteiger partial charge in [-0.2, -0.15) is 0 Å². The van der Waals surface area contributed by atoms with Gasteiger partial charge in [-0.25, -0.2) is 9.69 Å². The van der Waals surface area contributed by atoms with Crippen LogP contribution in [0, 0.1) is 0 Å². The van der Waals surface area contributed by atoms with Gasteiger partial charge in [0, 0.05) is 17.2 Å². The number of imide groups is 1. The molecule has 0 bridgehead atoms. The first-order valence-electron chi connectivity index (χ1n) is 9.95. The molecule has 1 heterocycles. The zero-order valence-corrected chi connectivity index (χ0v) is 17.6. The van der Waals surface area contributed by atoms with Crippen LogP contribution in [0.5, 0.6) is 11.5 Å². The Morgan fingerprint density at radius 3 is 2.31 bits per heavy atom. The number of hydrogen-bond donors (Lipinski definition) is 2. The smallest absolute Gasteiger partial charge is 0.329 e. The van der Waals surface area contributed by atoms with Crippen molar-refractivity contribution >= 4 is 29.8 Å². The molecule has 0 radical (unpaired) electrons. The van der Waals surface area contributed by atoms with Crippen molar-refractivity contribution in [3.8, 4) is 11.5 Å². The lowest BCUT2D eigenvalue weighted by Crippen LogP contribution is -2.35. The van der Waals surface area contributed by atoms with Crippen LogP contribution in [-0.2, 0) is 9.59 Å². The molecule has 0 spiro atoms. The van der Waals surface area contributed by atoms with Gasteiger partial charge in [-0.05, 0) is 26.0 Å². The Hall–Kier alpha value is -4.14. The maximum atomic E-state index is 13.1. The number of nitrogens with one attached hydrogen (secondary N) is 1. The topological polar surface area (TPSA) is 122 Å². The van der Waals surface area contributed by atoms with Gasteiger partial charge in [0.2, 0.25) is 0 Å². The number of carboxylic acids is 1. The molecule has 0 saturated carbocycles. The van der Waals surface area contributed by atoms with Gasteiger partial charge in [0.25, 0.3) is 5.91 Å². The Kier molecular flexibility index (Phi) is 6.89. The number of ether oxygens (including phenoxy) is 2. The number of aliphatic carboxylic acids is 1. The van der Waals surface area contributed by atoms with Gasteiger partial charge in [0.05, 0.1) is 18.8 Å². The zero-order valence-electron chi connectivity index (χ0n) is 17.6. The predicted octanol–water partition coefficient (Wildman–Crippen LogP) is 2.69. The number of urea groups is 1. The minimum Gasteiger partial charge on any atom is -0.493 e. The number of benzene rings is 2. The predicted molar refractivity (Wildman–Crippen MR) is 115 cm³/mol. The third-order valence-electron chi connectivity index (χ3n) is 4.55. The number of hydrogen-bond acceptors (Lipinski definition) is 6. The molecule has 9 nitrogen and oxygen atoms in total. The van der Waals surface area contributed by atoms with Crippen LogP contribution in [0.1, 0.15) is 35.3 Å². The fourth-order valence-electron chi connectivity index (χ4n) is 3.17. The molecule has 2 aromatic carbocycles. The molecule has 9 heteroatoms. The van der Waals surface area contributed by atoms with Gasteiger partial charge in [-0.15, -0.1) is 0 Å². The van der Waals surface area contributed by atoms with Crippen LogP contribution in [0.4, 0.5) is 4.79 Å². The Balaban J connectivity index is 2.09. The summed E-state index contributed by atoms with van der Waals surface area (Å²) < 4.78 is 11.3. The van der Waals surface area contributed by atoms with Crippen molar-refractivity contribution in [2.45, 2.75) is 13.8 Å². The Bertz CT molecular complexity index is 1090. The van der Waals surface area contributed by atoms with E-state index in [0.717, 1.165) is 0 Å². The minimum atomic E-state index is -1.32. The molecule has 32 heavy (non-hydrogen) atoms. The Morgan fingerprint density at radius 1 is 1.03 bits per heavy atom. The summed E-state index contributed by atoms with van der Waals surface area (Å²) in [5.74, 6) is -1.73. The van der Waals surface area contributed by atoms with Gasteiger partial charge in [0.1, 0.15) is 23.7 Å². The first-order chi connectivity index (χ1) is 15.3. The van der Waals surface area contributed by atoms with Crippen molar-refractivity contribution in [2.24, 2.45) is 0 Å². The summed E-state index contributed by atoms with van der Waals surface area (Å²) in [5, 5.41) is 11.3. The third-order valence-corrected chi connectivity index (χ3v) is 4.55. The molecule has 166 valence electrons.